The number of aliphatic hydroxyl groups excluding tert-OH is 2. The minimum absolute atomic E-state index is 0.0130. The zero-order valence-electron chi connectivity index (χ0n) is 16.8. The molecule has 164 valence electrons. The lowest BCUT2D eigenvalue weighted by Gasteiger charge is -2.32. The highest BCUT2D eigenvalue weighted by Gasteiger charge is 2.57. The molecule has 0 aliphatic heterocycles. The Balaban J connectivity index is 1.96. The molecular formula is C22H23F2N2O4P. The molecule has 1 aromatic heterocycles. The van der Waals surface area contributed by atoms with Crippen LogP contribution in [-0.4, -0.2) is 50.6 Å². The van der Waals surface area contributed by atoms with E-state index < -0.39 is 17.2 Å². The monoisotopic (exact) mass is 448 g/mol. The van der Waals surface area contributed by atoms with Crippen LogP contribution in [0.2, 0.25) is 0 Å². The van der Waals surface area contributed by atoms with Crippen molar-refractivity contribution in [3.63, 3.8) is 0 Å². The average molecular weight is 448 g/mol. The second-order valence-corrected chi connectivity index (χ2v) is 8.44. The summed E-state index contributed by atoms with van der Waals surface area (Å²) in [6.07, 6.45) is 3.37. The van der Waals surface area contributed by atoms with Crippen LogP contribution in [0, 0.1) is 5.92 Å². The zero-order valence-corrected chi connectivity index (χ0v) is 17.9. The van der Waals surface area contributed by atoms with E-state index in [1.807, 2.05) is 0 Å². The molecule has 0 fully saturated rings. The number of fused-ring (bicyclic) bond motifs is 3. The van der Waals surface area contributed by atoms with Gasteiger partial charge in [-0.05, 0) is 28.8 Å². The highest BCUT2D eigenvalue weighted by Crippen LogP contribution is 2.59. The van der Waals surface area contributed by atoms with Crippen LogP contribution in [0.5, 0.6) is 5.75 Å². The van der Waals surface area contributed by atoms with Gasteiger partial charge >= 0.3 is 0 Å². The van der Waals surface area contributed by atoms with Crippen molar-refractivity contribution in [1.29, 1.82) is 0 Å². The Labute approximate surface area is 180 Å². The standard InChI is InChI=1S/C22H23F2N2O4P/c1-26-9-14(8-25-26)17-6-15(30-12-13(10-27)11-28)7-19-20(17)16-4-2-3-5-18(16)21(19,29)22(23,24)31/h2-9,13,27-29H,10-12,31H2,1H3. The Bertz CT molecular complexity index is 1110. The molecule has 0 amide bonds. The van der Waals surface area contributed by atoms with Crippen molar-refractivity contribution >= 4 is 9.24 Å². The second-order valence-electron chi connectivity index (χ2n) is 7.72. The largest absolute Gasteiger partial charge is 0.493 e. The molecule has 0 saturated heterocycles. The van der Waals surface area contributed by atoms with Crippen molar-refractivity contribution < 1.29 is 28.8 Å². The molecule has 0 spiro atoms. The Hall–Kier alpha value is -2.38. The average Bonchev–Trinajstić information content (AvgIpc) is 3.29. The van der Waals surface area contributed by atoms with Crippen molar-refractivity contribution in [2.45, 2.75) is 11.3 Å². The van der Waals surface area contributed by atoms with Gasteiger partial charge in [-0.25, -0.2) is 0 Å². The number of rotatable bonds is 7. The summed E-state index contributed by atoms with van der Waals surface area (Å²) in [5.41, 5.74) is -3.74. The summed E-state index contributed by atoms with van der Waals surface area (Å²) in [6, 6.07) is 9.65. The van der Waals surface area contributed by atoms with Gasteiger partial charge < -0.3 is 20.1 Å². The minimum Gasteiger partial charge on any atom is -0.493 e. The first kappa shape index (κ1) is 21.8. The summed E-state index contributed by atoms with van der Waals surface area (Å²) in [6.45, 7) is -0.577. The van der Waals surface area contributed by atoms with Crippen LogP contribution >= 0.6 is 9.24 Å². The molecule has 1 aliphatic rings. The molecule has 3 N–H and O–H groups in total. The number of alkyl halides is 2. The quantitative estimate of drug-likeness (QED) is 0.484. The first-order valence-electron chi connectivity index (χ1n) is 9.71. The smallest absolute Gasteiger partial charge is 0.295 e. The van der Waals surface area contributed by atoms with E-state index >= 15 is 0 Å². The fourth-order valence-electron chi connectivity index (χ4n) is 3.96. The van der Waals surface area contributed by atoms with E-state index in [1.54, 1.807) is 48.4 Å². The molecule has 0 saturated carbocycles. The molecule has 6 nitrogen and oxygen atoms in total. The van der Waals surface area contributed by atoms with Gasteiger partial charge in [0.1, 0.15) is 5.75 Å². The Morgan fingerprint density at radius 3 is 2.48 bits per heavy atom. The van der Waals surface area contributed by atoms with Gasteiger partial charge in [0.05, 0.1) is 26.0 Å². The molecule has 2 atom stereocenters. The van der Waals surface area contributed by atoms with Crippen molar-refractivity contribution in [2.24, 2.45) is 13.0 Å². The highest BCUT2D eigenvalue weighted by atomic mass is 31.0. The van der Waals surface area contributed by atoms with E-state index in [1.165, 1.54) is 21.4 Å². The summed E-state index contributed by atoms with van der Waals surface area (Å²) < 4.78 is 37.0. The Morgan fingerprint density at radius 2 is 1.87 bits per heavy atom. The first-order valence-corrected chi connectivity index (χ1v) is 10.3. The van der Waals surface area contributed by atoms with E-state index in [-0.39, 0.29) is 36.7 Å². The number of halogens is 2. The summed E-state index contributed by atoms with van der Waals surface area (Å²) in [4.78, 5) is 0. The SMILES string of the molecule is Cn1cc(-c2cc(OCC(CO)CO)cc3c2-c2ccccc2C3(O)C(F)(F)P)cn1. The molecule has 9 heteroatoms. The van der Waals surface area contributed by atoms with Crippen LogP contribution in [0.4, 0.5) is 8.78 Å². The number of ether oxygens (including phenoxy) is 1. The minimum atomic E-state index is -3.56. The highest BCUT2D eigenvalue weighted by molar-refractivity contribution is 7.18. The zero-order chi connectivity index (χ0) is 22.4. The molecule has 3 aromatic rings. The van der Waals surface area contributed by atoms with Crippen LogP contribution < -0.4 is 4.74 Å². The normalized spacial score (nSPS) is 17.7. The fourth-order valence-corrected chi connectivity index (χ4v) is 4.27. The Kier molecular flexibility index (Phi) is 5.60. The Morgan fingerprint density at radius 1 is 1.16 bits per heavy atom. The van der Waals surface area contributed by atoms with E-state index in [0.29, 0.717) is 22.3 Å². The van der Waals surface area contributed by atoms with Gasteiger partial charge in [0.15, 0.2) is 5.60 Å². The summed E-state index contributed by atoms with van der Waals surface area (Å²) in [5, 5.41) is 34.2. The van der Waals surface area contributed by atoms with E-state index in [9.17, 15) is 24.1 Å². The van der Waals surface area contributed by atoms with Crippen LogP contribution in [-0.2, 0) is 12.6 Å². The first-order chi connectivity index (χ1) is 14.7. The predicted octanol–water partition coefficient (Wildman–Crippen LogP) is 2.75. The summed E-state index contributed by atoms with van der Waals surface area (Å²) >= 11 is 0. The van der Waals surface area contributed by atoms with Crippen molar-refractivity contribution in [1.82, 2.24) is 9.78 Å². The number of aromatic nitrogens is 2. The van der Waals surface area contributed by atoms with Crippen molar-refractivity contribution in [3.05, 3.63) is 59.9 Å². The van der Waals surface area contributed by atoms with Gasteiger partial charge in [0.25, 0.3) is 5.66 Å². The summed E-state index contributed by atoms with van der Waals surface area (Å²) in [5.74, 6) is -0.278. The van der Waals surface area contributed by atoms with Crippen molar-refractivity contribution in [3.8, 4) is 28.0 Å². The predicted molar refractivity (Wildman–Crippen MR) is 115 cm³/mol. The third-order valence-corrected chi connectivity index (χ3v) is 6.01. The van der Waals surface area contributed by atoms with E-state index in [2.05, 4.69) is 5.10 Å². The molecule has 4 rings (SSSR count). The lowest BCUT2D eigenvalue weighted by Crippen LogP contribution is -2.40. The molecule has 1 aliphatic carbocycles. The van der Waals surface area contributed by atoms with E-state index in [4.69, 9.17) is 4.74 Å². The third kappa shape index (κ3) is 3.53. The fraction of sp³-hybridized carbons (Fsp3) is 0.318. The second kappa shape index (κ2) is 7.95. The van der Waals surface area contributed by atoms with Gasteiger partial charge in [-0.2, -0.15) is 13.9 Å². The van der Waals surface area contributed by atoms with Crippen LogP contribution in [0.25, 0.3) is 22.3 Å². The molecule has 1 heterocycles. The molecule has 0 radical (unpaired) electrons. The number of hydrogen-bond donors (Lipinski definition) is 3. The molecule has 31 heavy (non-hydrogen) atoms. The molecule has 0 bridgehead atoms. The summed E-state index contributed by atoms with van der Waals surface area (Å²) in [7, 11) is 3.20. The topological polar surface area (TPSA) is 87.7 Å². The molecule has 2 unspecified atom stereocenters. The number of hydrogen-bond acceptors (Lipinski definition) is 5. The van der Waals surface area contributed by atoms with Gasteiger partial charge in [-0.15, -0.1) is 0 Å². The number of aliphatic hydroxyl groups is 3. The maximum atomic E-state index is 14.9. The lowest BCUT2D eigenvalue weighted by molar-refractivity contribution is -0.0964. The van der Waals surface area contributed by atoms with Crippen LogP contribution in [0.15, 0.2) is 48.8 Å². The lowest BCUT2D eigenvalue weighted by atomic mass is 9.90. The number of nitrogens with zero attached hydrogens (tertiary/aromatic N) is 2. The van der Waals surface area contributed by atoms with Gasteiger partial charge in [-0.3, -0.25) is 4.68 Å². The number of aryl methyl sites for hydroxylation is 1. The maximum Gasteiger partial charge on any atom is 0.295 e. The van der Waals surface area contributed by atoms with Crippen molar-refractivity contribution in [2.75, 3.05) is 19.8 Å². The van der Waals surface area contributed by atoms with Gasteiger partial charge in [0.2, 0.25) is 0 Å². The van der Waals surface area contributed by atoms with Gasteiger partial charge in [0, 0.05) is 35.9 Å². The number of benzene rings is 2. The molecule has 2 aromatic carbocycles. The van der Waals surface area contributed by atoms with E-state index in [0.717, 1.165) is 0 Å². The third-order valence-electron chi connectivity index (χ3n) is 5.59. The maximum absolute atomic E-state index is 14.9. The molecular weight excluding hydrogens is 425 g/mol. The van der Waals surface area contributed by atoms with Crippen LogP contribution in [0.3, 0.4) is 0 Å². The van der Waals surface area contributed by atoms with Gasteiger partial charge in [-0.1, -0.05) is 33.5 Å². The van der Waals surface area contributed by atoms with Crippen LogP contribution in [0.1, 0.15) is 11.1 Å².